The molecule has 0 amide bonds. The zero-order valence-electron chi connectivity index (χ0n) is 9.29. The van der Waals surface area contributed by atoms with Gasteiger partial charge in [0.1, 0.15) is 5.78 Å². The zero-order valence-corrected chi connectivity index (χ0v) is 10.9. The molecule has 84 valence electrons. The minimum Gasteiger partial charge on any atom is -0.300 e. The third-order valence-electron chi connectivity index (χ3n) is 2.37. The van der Waals surface area contributed by atoms with E-state index in [1.165, 1.54) is 4.88 Å². The van der Waals surface area contributed by atoms with Crippen LogP contribution in [0.5, 0.6) is 0 Å². The highest BCUT2D eigenvalue weighted by Gasteiger charge is 2.12. The first kappa shape index (κ1) is 12.7. The highest BCUT2D eigenvalue weighted by Crippen LogP contribution is 2.23. The topological polar surface area (TPSA) is 20.3 Å². The number of carbonyl (C=O) groups excluding carboxylic acids is 1. The van der Waals surface area contributed by atoms with Gasteiger partial charge in [-0.15, -0.1) is 11.3 Å². The van der Waals surface area contributed by atoms with Gasteiger partial charge < -0.3 is 0 Å². The Kier molecular flexibility index (Phi) is 4.77. The van der Waals surface area contributed by atoms with Gasteiger partial charge in [-0.1, -0.05) is 11.6 Å². The number of hydrogen-bond donors (Lipinski definition) is 0. The van der Waals surface area contributed by atoms with Gasteiger partial charge in [-0.3, -0.25) is 9.69 Å². The molecule has 0 spiro atoms. The number of halogens is 1. The lowest BCUT2D eigenvalue weighted by Crippen LogP contribution is -2.29. The van der Waals surface area contributed by atoms with Crippen LogP contribution in [-0.4, -0.2) is 23.8 Å². The molecule has 1 heterocycles. The summed E-state index contributed by atoms with van der Waals surface area (Å²) >= 11 is 7.44. The number of thiophene rings is 1. The number of nitrogens with zero attached hydrogens (tertiary/aromatic N) is 1. The third kappa shape index (κ3) is 4.33. The molecule has 2 nitrogen and oxygen atoms in total. The van der Waals surface area contributed by atoms with E-state index in [4.69, 9.17) is 11.6 Å². The van der Waals surface area contributed by atoms with Gasteiger partial charge in [-0.2, -0.15) is 0 Å². The molecule has 0 aliphatic heterocycles. The maximum absolute atomic E-state index is 11.0. The average Bonchev–Trinajstić information content (AvgIpc) is 2.50. The Morgan fingerprint density at radius 3 is 2.73 bits per heavy atom. The molecular weight excluding hydrogens is 230 g/mol. The van der Waals surface area contributed by atoms with Crippen molar-refractivity contribution in [2.75, 3.05) is 7.05 Å². The Hall–Kier alpha value is -0.380. The van der Waals surface area contributed by atoms with Crippen molar-refractivity contribution in [3.63, 3.8) is 0 Å². The molecule has 0 bridgehead atoms. The summed E-state index contributed by atoms with van der Waals surface area (Å²) in [5.74, 6) is 0.235. The van der Waals surface area contributed by atoms with Crippen molar-refractivity contribution in [2.45, 2.75) is 32.9 Å². The van der Waals surface area contributed by atoms with Crippen LogP contribution < -0.4 is 0 Å². The maximum atomic E-state index is 11.0. The Labute approximate surface area is 99.9 Å². The van der Waals surface area contributed by atoms with Crippen LogP contribution in [0.2, 0.25) is 4.34 Å². The molecule has 1 atom stereocenters. The molecule has 0 aromatic carbocycles. The standard InChI is InChI=1S/C11H16ClNOS/c1-8(6-9(2)14)13(3)7-10-4-5-11(12)15-10/h4-5,8H,6-7H2,1-3H3. The van der Waals surface area contributed by atoms with E-state index in [2.05, 4.69) is 11.8 Å². The van der Waals surface area contributed by atoms with Crippen LogP contribution in [0.4, 0.5) is 0 Å². The molecule has 0 radical (unpaired) electrons. The fourth-order valence-corrected chi connectivity index (χ4v) is 2.56. The van der Waals surface area contributed by atoms with Gasteiger partial charge in [0.2, 0.25) is 0 Å². The second-order valence-electron chi connectivity index (χ2n) is 3.88. The molecule has 1 aromatic heterocycles. The van der Waals surface area contributed by atoms with Crippen molar-refractivity contribution in [3.05, 3.63) is 21.3 Å². The molecule has 0 N–H and O–H groups in total. The van der Waals surface area contributed by atoms with E-state index in [9.17, 15) is 4.79 Å². The number of Topliss-reactive ketones (excluding diaryl/α,β-unsaturated/α-hetero) is 1. The van der Waals surface area contributed by atoms with Crippen LogP contribution in [0.25, 0.3) is 0 Å². The van der Waals surface area contributed by atoms with E-state index >= 15 is 0 Å². The van der Waals surface area contributed by atoms with Crippen molar-refractivity contribution in [3.8, 4) is 0 Å². The van der Waals surface area contributed by atoms with E-state index in [1.807, 2.05) is 19.2 Å². The summed E-state index contributed by atoms with van der Waals surface area (Å²) in [5, 5.41) is 0. The van der Waals surface area contributed by atoms with E-state index in [0.29, 0.717) is 6.42 Å². The van der Waals surface area contributed by atoms with Crippen LogP contribution in [0.3, 0.4) is 0 Å². The average molecular weight is 246 g/mol. The Balaban J connectivity index is 2.47. The Bertz CT molecular complexity index is 337. The molecule has 0 aliphatic carbocycles. The molecule has 15 heavy (non-hydrogen) atoms. The number of rotatable bonds is 5. The smallest absolute Gasteiger partial charge is 0.131 e. The highest BCUT2D eigenvalue weighted by atomic mass is 35.5. The molecule has 0 saturated carbocycles. The number of ketones is 1. The predicted octanol–water partition coefficient (Wildman–Crippen LogP) is 3.20. The van der Waals surface area contributed by atoms with Crippen molar-refractivity contribution >= 4 is 28.7 Å². The SMILES string of the molecule is CC(=O)CC(C)N(C)Cc1ccc(Cl)s1. The minimum absolute atomic E-state index is 0.235. The predicted molar refractivity (Wildman–Crippen MR) is 65.6 cm³/mol. The van der Waals surface area contributed by atoms with E-state index in [-0.39, 0.29) is 11.8 Å². The van der Waals surface area contributed by atoms with E-state index in [1.54, 1.807) is 18.3 Å². The van der Waals surface area contributed by atoms with Crippen LogP contribution >= 0.6 is 22.9 Å². The third-order valence-corrected chi connectivity index (χ3v) is 3.59. The summed E-state index contributed by atoms with van der Waals surface area (Å²) in [6.07, 6.45) is 0.607. The highest BCUT2D eigenvalue weighted by molar-refractivity contribution is 7.16. The maximum Gasteiger partial charge on any atom is 0.131 e. The largest absolute Gasteiger partial charge is 0.300 e. The lowest BCUT2D eigenvalue weighted by molar-refractivity contribution is -0.118. The number of carbonyl (C=O) groups is 1. The van der Waals surface area contributed by atoms with E-state index < -0.39 is 0 Å². The summed E-state index contributed by atoms with van der Waals surface area (Å²) in [6.45, 7) is 4.55. The van der Waals surface area contributed by atoms with Gasteiger partial charge in [0.25, 0.3) is 0 Å². The lowest BCUT2D eigenvalue weighted by atomic mass is 10.1. The Morgan fingerprint density at radius 2 is 2.27 bits per heavy atom. The molecule has 0 aliphatic rings. The van der Waals surface area contributed by atoms with Crippen molar-refractivity contribution < 1.29 is 4.79 Å². The van der Waals surface area contributed by atoms with Gasteiger partial charge >= 0.3 is 0 Å². The zero-order chi connectivity index (χ0) is 11.4. The van der Waals surface area contributed by atoms with Gasteiger partial charge in [0, 0.05) is 23.9 Å². The molecule has 0 fully saturated rings. The molecular formula is C11H16ClNOS. The monoisotopic (exact) mass is 245 g/mol. The first-order chi connectivity index (χ1) is 6.99. The van der Waals surface area contributed by atoms with Gasteiger partial charge in [0.05, 0.1) is 4.34 Å². The molecule has 1 aromatic rings. The van der Waals surface area contributed by atoms with Crippen LogP contribution in [0.1, 0.15) is 25.1 Å². The fraction of sp³-hybridized carbons (Fsp3) is 0.545. The van der Waals surface area contributed by atoms with Crippen molar-refractivity contribution in [2.24, 2.45) is 0 Å². The molecule has 4 heteroatoms. The second-order valence-corrected chi connectivity index (χ2v) is 5.68. The fourth-order valence-electron chi connectivity index (χ4n) is 1.41. The van der Waals surface area contributed by atoms with E-state index in [0.717, 1.165) is 10.9 Å². The molecule has 1 rings (SSSR count). The summed E-state index contributed by atoms with van der Waals surface area (Å²) in [4.78, 5) is 14.4. The molecule has 0 saturated heterocycles. The normalized spacial score (nSPS) is 13.1. The first-order valence-electron chi connectivity index (χ1n) is 4.93. The lowest BCUT2D eigenvalue weighted by Gasteiger charge is -2.22. The van der Waals surface area contributed by atoms with Crippen molar-refractivity contribution in [1.29, 1.82) is 0 Å². The van der Waals surface area contributed by atoms with Gasteiger partial charge in [0.15, 0.2) is 0 Å². The summed E-state index contributed by atoms with van der Waals surface area (Å²) < 4.78 is 0.817. The summed E-state index contributed by atoms with van der Waals surface area (Å²) in [5.41, 5.74) is 0. The van der Waals surface area contributed by atoms with Crippen LogP contribution in [0, 0.1) is 0 Å². The second kappa shape index (κ2) is 5.64. The van der Waals surface area contributed by atoms with Crippen LogP contribution in [0.15, 0.2) is 12.1 Å². The number of hydrogen-bond acceptors (Lipinski definition) is 3. The van der Waals surface area contributed by atoms with Crippen LogP contribution in [-0.2, 0) is 11.3 Å². The summed E-state index contributed by atoms with van der Waals surface area (Å²) in [6, 6.07) is 4.22. The minimum atomic E-state index is 0.235. The Morgan fingerprint density at radius 1 is 1.60 bits per heavy atom. The van der Waals surface area contributed by atoms with Gasteiger partial charge in [-0.05, 0) is 33.0 Å². The van der Waals surface area contributed by atoms with Crippen molar-refractivity contribution in [1.82, 2.24) is 4.90 Å². The van der Waals surface area contributed by atoms with Gasteiger partial charge in [-0.25, -0.2) is 0 Å². The quantitative estimate of drug-likeness (QED) is 0.794. The molecule has 1 unspecified atom stereocenters. The first-order valence-corrected chi connectivity index (χ1v) is 6.12. The summed E-state index contributed by atoms with van der Waals surface area (Å²) in [7, 11) is 2.03.